The number of nitrogens with two attached hydrogens (primary N) is 6. The number of sulfonamides is 6. The number of hydrogen-bond acceptors (Lipinski definition) is 26. The molecule has 8 aromatic carbocycles. The first kappa shape index (κ1) is 104. The Bertz CT molecular complexity index is 5730. The van der Waals surface area contributed by atoms with Crippen LogP contribution in [-0.2, 0) is 60.1 Å². The highest BCUT2D eigenvalue weighted by Crippen LogP contribution is 2.40. The fourth-order valence-electron chi connectivity index (χ4n) is 16.9. The van der Waals surface area contributed by atoms with E-state index in [1.807, 2.05) is 110 Å². The lowest BCUT2D eigenvalue weighted by atomic mass is 10.00. The number of piperidine rings is 3. The van der Waals surface area contributed by atoms with Crippen LogP contribution in [-0.4, -0.2) is 258 Å². The molecule has 0 aromatic heterocycles. The molecule has 13 N–H and O–H groups in total. The summed E-state index contributed by atoms with van der Waals surface area (Å²) in [4.78, 5) is 18.4. The molecule has 7 aliphatic rings. The van der Waals surface area contributed by atoms with Gasteiger partial charge >= 0.3 is 0 Å². The standard InChI is InChI=1S/C18H23N3O2S.C16H25N3O2S.C16H21N3O2S.C15H24N4O2S.C14H24N4O2S.C14H23N3O2S/c1-14-7-3-4-8-16(14)20-24(22,23)18-13-15(19)9-10-17(18)21-11-5-2-6-12-21;1-13-6-10-19(11-7-13)22(20,21)16-12-14(17)4-5-15(16)18-8-2-3-9-18;1-4-19(14-8-6-5-7-9-14)22(20,21)16-12-13(17)10-11-15(16)18(2)3;1-17-8-10-19(11-9-17)22(20,21)15-12-13(16)4-5-14(15)18-6-2-3-7-18;1-4-17-7-9-18(10-8-17)21(19,20)14-11-12(15)5-6-13(14)16(2)3;1-11-5-4-8-17(10-11)13-7-6-12(15)9-14(13)20(18,19)16(2)3/h3-4,7-10,13,20H,2,5-6,11-12,19H2,1H3;4-5,12-13H,2-3,6-11,17H2,1H3;5-12H,4,17H2,1-3H3;4-5,12H,2-3,6-11,16H2,1H3;5-6,11H,4,7-10,15H2,1-3H3;6-7,9,11H,4-5,8,10,15H2,1-3H3. The molecule has 720 valence electrons. The number of para-hydroxylation sites is 2. The summed E-state index contributed by atoms with van der Waals surface area (Å²) in [5.41, 5.74) is 44.3. The Labute approximate surface area is 780 Å². The van der Waals surface area contributed by atoms with Gasteiger partial charge in [-0.15, -0.1) is 0 Å². The highest BCUT2D eigenvalue weighted by Gasteiger charge is 2.37. The number of likely N-dealkylation sites (N-methyl/N-ethyl adjacent to an activating group) is 2. The molecule has 0 bridgehead atoms. The van der Waals surface area contributed by atoms with Gasteiger partial charge in [-0.1, -0.05) is 57.2 Å². The summed E-state index contributed by atoms with van der Waals surface area (Å²) < 4.78 is 165. The zero-order valence-corrected chi connectivity index (χ0v) is 83.2. The number of benzene rings is 8. The molecule has 0 aliphatic carbocycles. The molecule has 8 aromatic rings. The van der Waals surface area contributed by atoms with E-state index in [2.05, 4.69) is 54.9 Å². The van der Waals surface area contributed by atoms with Crippen LogP contribution in [0.15, 0.2) is 193 Å². The molecule has 131 heavy (non-hydrogen) atoms. The molecule has 1 atom stereocenters. The van der Waals surface area contributed by atoms with Gasteiger partial charge in [-0.2, -0.15) is 12.9 Å². The fraction of sp³-hybridized carbons (Fsp3) is 0.484. The SMILES string of the molecule is CC1CCCN(c2ccc(N)cc2S(=O)(=O)N(C)C)C1.CC1CCN(S(=O)(=O)c2cc(N)ccc2N2CCCC2)CC1.CCN(c1ccccc1)S(=O)(=O)c1cc(N)ccc1N(C)C.CCN1CCN(S(=O)(=O)c2cc(N)ccc2N(C)C)CC1.CN1CCN(S(=O)(=O)c2cc(N)ccc2N2CCCC2)CC1.Cc1ccccc1NS(=O)(=O)c1cc(N)ccc1N1CCCCC1. The van der Waals surface area contributed by atoms with Crippen molar-refractivity contribution in [3.63, 3.8) is 0 Å². The summed E-state index contributed by atoms with van der Waals surface area (Å²) in [7, 11) is -8.96. The quantitative estimate of drug-likeness (QED) is 0.0310. The Hall–Kier alpha value is -9.58. The van der Waals surface area contributed by atoms with E-state index in [4.69, 9.17) is 34.4 Å². The monoisotopic (exact) mass is 1920 g/mol. The first-order valence-corrected chi connectivity index (χ1v) is 53.9. The fourth-order valence-corrected chi connectivity index (χ4v) is 26.3. The van der Waals surface area contributed by atoms with Gasteiger partial charge < -0.3 is 73.6 Å². The van der Waals surface area contributed by atoms with Crippen molar-refractivity contribution >= 4 is 140 Å². The maximum atomic E-state index is 13.1. The minimum Gasteiger partial charge on any atom is -0.399 e. The average Bonchev–Trinajstić information content (AvgIpc) is 1.75. The third-order valence-electron chi connectivity index (χ3n) is 24.6. The van der Waals surface area contributed by atoms with E-state index in [9.17, 15) is 50.5 Å². The molecule has 38 heteroatoms. The molecular weight excluding hydrogens is 1780 g/mol. The Morgan fingerprint density at radius 1 is 0.359 bits per heavy atom. The number of nitrogens with zero attached hydrogens (tertiary/aromatic N) is 13. The zero-order valence-electron chi connectivity index (χ0n) is 78.3. The van der Waals surface area contributed by atoms with Crippen LogP contribution in [0.25, 0.3) is 0 Å². The largest absolute Gasteiger partial charge is 0.399 e. The molecular formula is C93H140N20O12S6. The zero-order chi connectivity index (χ0) is 95.5. The molecule has 7 heterocycles. The van der Waals surface area contributed by atoms with Gasteiger partial charge in [0.25, 0.3) is 20.0 Å². The predicted octanol–water partition coefficient (Wildman–Crippen LogP) is 11.4. The van der Waals surface area contributed by atoms with Gasteiger partial charge in [-0.25, -0.2) is 54.8 Å². The van der Waals surface area contributed by atoms with E-state index in [1.54, 1.807) is 134 Å². The van der Waals surface area contributed by atoms with Gasteiger partial charge in [0, 0.05) is 201 Å². The van der Waals surface area contributed by atoms with Crippen molar-refractivity contribution in [1.82, 2.24) is 27.0 Å². The van der Waals surface area contributed by atoms with Crippen LogP contribution in [0.3, 0.4) is 0 Å². The number of piperazine rings is 2. The van der Waals surface area contributed by atoms with Crippen molar-refractivity contribution in [2.75, 3.05) is 253 Å². The number of rotatable bonds is 22. The topological polar surface area (TPSA) is 415 Å². The van der Waals surface area contributed by atoms with Crippen LogP contribution in [0.2, 0.25) is 0 Å². The number of anilines is 14. The van der Waals surface area contributed by atoms with E-state index in [1.165, 1.54) is 27.5 Å². The number of hydrogen-bond donors (Lipinski definition) is 7. The van der Waals surface area contributed by atoms with Crippen LogP contribution < -0.4 is 72.8 Å². The molecule has 1 unspecified atom stereocenters. The molecule has 32 nitrogen and oxygen atoms in total. The summed E-state index contributed by atoms with van der Waals surface area (Å²) in [6.45, 7) is 25.1. The van der Waals surface area contributed by atoms with Gasteiger partial charge in [0.1, 0.15) is 29.4 Å². The van der Waals surface area contributed by atoms with Crippen LogP contribution in [0.1, 0.15) is 104 Å². The summed E-state index contributed by atoms with van der Waals surface area (Å²) in [6.07, 6.45) is 11.9. The first-order chi connectivity index (χ1) is 62.0. The minimum atomic E-state index is -3.71. The van der Waals surface area contributed by atoms with Crippen LogP contribution in [0.4, 0.5) is 79.6 Å². The molecule has 0 spiro atoms. The van der Waals surface area contributed by atoms with Crippen molar-refractivity contribution < 1.29 is 50.5 Å². The third-order valence-corrected chi connectivity index (χ3v) is 35.6. The second-order valence-electron chi connectivity index (χ2n) is 35.1. The van der Waals surface area contributed by atoms with E-state index < -0.39 is 60.1 Å². The number of nitrogens with one attached hydrogen (secondary N) is 1. The van der Waals surface area contributed by atoms with E-state index in [-0.39, 0.29) is 14.7 Å². The van der Waals surface area contributed by atoms with Gasteiger partial charge in [0.15, 0.2) is 0 Å². The normalized spacial score (nSPS) is 17.9. The molecule has 0 saturated carbocycles. The van der Waals surface area contributed by atoms with Crippen molar-refractivity contribution in [3.8, 4) is 0 Å². The van der Waals surface area contributed by atoms with Gasteiger partial charge in [-0.05, 0) is 243 Å². The van der Waals surface area contributed by atoms with E-state index >= 15 is 0 Å². The Kier molecular flexibility index (Phi) is 36.3. The lowest BCUT2D eigenvalue weighted by Crippen LogP contribution is -2.48. The highest BCUT2D eigenvalue weighted by atomic mass is 32.2. The van der Waals surface area contributed by atoms with Crippen LogP contribution >= 0.6 is 0 Å². The van der Waals surface area contributed by atoms with Crippen LogP contribution in [0, 0.1) is 18.8 Å². The summed E-state index contributed by atoms with van der Waals surface area (Å²) in [5, 5.41) is 0. The van der Waals surface area contributed by atoms with Crippen molar-refractivity contribution in [3.05, 3.63) is 169 Å². The van der Waals surface area contributed by atoms with E-state index in [0.717, 1.165) is 171 Å². The molecule has 7 saturated heterocycles. The van der Waals surface area contributed by atoms with Gasteiger partial charge in [0.2, 0.25) is 40.1 Å². The summed E-state index contributed by atoms with van der Waals surface area (Å²) in [6, 6.07) is 47.2. The second-order valence-corrected chi connectivity index (χ2v) is 46.4. The molecule has 7 aliphatic heterocycles. The van der Waals surface area contributed by atoms with Crippen molar-refractivity contribution in [2.45, 2.75) is 135 Å². The number of nitrogen functional groups attached to an aromatic ring is 6. The van der Waals surface area contributed by atoms with Crippen LogP contribution in [0.5, 0.6) is 0 Å². The average molecular weight is 1920 g/mol. The third kappa shape index (κ3) is 26.5. The Balaban J connectivity index is 0.000000163. The smallest absolute Gasteiger partial charge is 0.266 e. The maximum absolute atomic E-state index is 13.1. The molecule has 0 radical (unpaired) electrons. The lowest BCUT2D eigenvalue weighted by Gasteiger charge is -2.34. The van der Waals surface area contributed by atoms with E-state index in [0.29, 0.717) is 129 Å². The molecule has 7 fully saturated rings. The van der Waals surface area contributed by atoms with Crippen molar-refractivity contribution in [2.24, 2.45) is 11.8 Å². The lowest BCUT2D eigenvalue weighted by molar-refractivity contribution is 0.196. The Morgan fingerprint density at radius 3 is 1.16 bits per heavy atom. The summed E-state index contributed by atoms with van der Waals surface area (Å²) >= 11 is 0. The predicted molar refractivity (Wildman–Crippen MR) is 537 cm³/mol. The Morgan fingerprint density at radius 2 is 0.725 bits per heavy atom. The summed E-state index contributed by atoms with van der Waals surface area (Å²) in [5.74, 6) is 1.18. The molecule has 15 rings (SSSR count). The minimum absolute atomic E-state index is 0.211. The second kappa shape index (κ2) is 45.9. The van der Waals surface area contributed by atoms with Gasteiger partial charge in [0.05, 0.1) is 45.5 Å². The molecule has 0 amide bonds. The maximum Gasteiger partial charge on any atom is 0.266 e. The van der Waals surface area contributed by atoms with Crippen molar-refractivity contribution in [1.29, 1.82) is 0 Å². The first-order valence-electron chi connectivity index (χ1n) is 45.2. The number of aryl methyl sites for hydroxylation is 1. The highest BCUT2D eigenvalue weighted by molar-refractivity contribution is 7.93. The van der Waals surface area contributed by atoms with Gasteiger partial charge in [-0.3, -0.25) is 9.03 Å².